The summed E-state index contributed by atoms with van der Waals surface area (Å²) in [5.74, 6) is -1.86. The van der Waals surface area contributed by atoms with Gasteiger partial charge in [0, 0.05) is 36.9 Å². The highest BCUT2D eigenvalue weighted by Gasteiger charge is 2.29. The van der Waals surface area contributed by atoms with E-state index < -0.39 is 11.6 Å². The Morgan fingerprint density at radius 3 is 2.64 bits per heavy atom. The van der Waals surface area contributed by atoms with Gasteiger partial charge < -0.3 is 16.0 Å². The third-order valence-electron chi connectivity index (χ3n) is 5.81. The summed E-state index contributed by atoms with van der Waals surface area (Å²) in [7, 11) is 0. The van der Waals surface area contributed by atoms with Crippen molar-refractivity contribution >= 4 is 11.8 Å². The topological polar surface area (TPSA) is 70.2 Å². The first-order valence-corrected chi connectivity index (χ1v) is 10.2. The van der Waals surface area contributed by atoms with Crippen LogP contribution in [0, 0.1) is 17.6 Å². The van der Waals surface area contributed by atoms with Crippen molar-refractivity contribution < 1.29 is 18.4 Å². The predicted molar refractivity (Wildman–Crippen MR) is 103 cm³/mol. The minimum atomic E-state index is -0.871. The number of rotatable bonds is 6. The molecule has 2 amide bonds. The molecule has 1 saturated carbocycles. The van der Waals surface area contributed by atoms with Crippen molar-refractivity contribution in [3.05, 3.63) is 35.4 Å². The van der Waals surface area contributed by atoms with Gasteiger partial charge in [-0.05, 0) is 50.4 Å². The van der Waals surface area contributed by atoms with Crippen LogP contribution in [0.2, 0.25) is 0 Å². The first kappa shape index (κ1) is 20.7. The van der Waals surface area contributed by atoms with Gasteiger partial charge in [0.15, 0.2) is 11.6 Å². The number of halogens is 2. The number of hydrogen-bond acceptors (Lipinski definition) is 3. The maximum Gasteiger partial charge on any atom is 0.223 e. The highest BCUT2D eigenvalue weighted by molar-refractivity contribution is 5.81. The lowest BCUT2D eigenvalue weighted by atomic mass is 9.86. The molecule has 7 heteroatoms. The zero-order chi connectivity index (χ0) is 20.1. The Morgan fingerprint density at radius 2 is 1.93 bits per heavy atom. The number of nitrogens with one attached hydrogen (secondary N) is 3. The monoisotopic (exact) mass is 393 g/mol. The van der Waals surface area contributed by atoms with E-state index in [1.165, 1.54) is 6.07 Å². The van der Waals surface area contributed by atoms with Crippen molar-refractivity contribution in [2.45, 2.75) is 63.5 Å². The Balaban J connectivity index is 1.54. The molecule has 1 aromatic carbocycles. The van der Waals surface area contributed by atoms with E-state index in [2.05, 4.69) is 16.0 Å². The second-order valence-corrected chi connectivity index (χ2v) is 8.04. The first-order valence-electron chi connectivity index (χ1n) is 10.2. The van der Waals surface area contributed by atoms with Crippen molar-refractivity contribution in [3.8, 4) is 0 Å². The van der Waals surface area contributed by atoms with Crippen molar-refractivity contribution in [1.82, 2.24) is 16.0 Å². The Bertz CT molecular complexity index is 707. The summed E-state index contributed by atoms with van der Waals surface area (Å²) in [6.45, 7) is 3.15. The molecule has 1 heterocycles. The van der Waals surface area contributed by atoms with E-state index in [1.54, 1.807) is 6.07 Å². The lowest BCUT2D eigenvalue weighted by Crippen LogP contribution is -2.51. The van der Waals surface area contributed by atoms with E-state index in [-0.39, 0.29) is 42.2 Å². The molecule has 0 radical (unpaired) electrons. The van der Waals surface area contributed by atoms with E-state index in [4.69, 9.17) is 0 Å². The minimum Gasteiger partial charge on any atom is -0.353 e. The lowest BCUT2D eigenvalue weighted by Gasteiger charge is -2.33. The molecule has 28 heavy (non-hydrogen) atoms. The van der Waals surface area contributed by atoms with Gasteiger partial charge >= 0.3 is 0 Å². The summed E-state index contributed by atoms with van der Waals surface area (Å²) in [6.07, 6.45) is 4.95. The third kappa shape index (κ3) is 5.28. The van der Waals surface area contributed by atoms with E-state index in [0.29, 0.717) is 12.1 Å². The Labute approximate surface area is 164 Å². The van der Waals surface area contributed by atoms with Crippen LogP contribution in [0.4, 0.5) is 8.78 Å². The number of amides is 2. The Morgan fingerprint density at radius 1 is 1.18 bits per heavy atom. The van der Waals surface area contributed by atoms with Gasteiger partial charge in [-0.1, -0.05) is 18.9 Å². The largest absolute Gasteiger partial charge is 0.353 e. The molecular weight excluding hydrogens is 364 g/mol. The third-order valence-corrected chi connectivity index (χ3v) is 5.81. The zero-order valence-electron chi connectivity index (χ0n) is 16.3. The number of hydrogen-bond donors (Lipinski definition) is 3. The smallest absolute Gasteiger partial charge is 0.223 e. The van der Waals surface area contributed by atoms with E-state index >= 15 is 0 Å². The summed E-state index contributed by atoms with van der Waals surface area (Å²) in [5, 5.41) is 9.18. The summed E-state index contributed by atoms with van der Waals surface area (Å²) in [4.78, 5) is 24.7. The molecule has 1 aromatic rings. The van der Waals surface area contributed by atoms with Gasteiger partial charge in [-0.3, -0.25) is 9.59 Å². The van der Waals surface area contributed by atoms with E-state index in [9.17, 15) is 18.4 Å². The molecular formula is C21H29F2N3O2. The lowest BCUT2D eigenvalue weighted by molar-refractivity contribution is -0.126. The highest BCUT2D eigenvalue weighted by Crippen LogP contribution is 2.27. The van der Waals surface area contributed by atoms with Gasteiger partial charge in [-0.15, -0.1) is 0 Å². The number of carbonyl (C=O) groups is 2. The maximum atomic E-state index is 13.6. The molecule has 0 bridgehead atoms. The molecule has 3 N–H and O–H groups in total. The van der Waals surface area contributed by atoms with Crippen LogP contribution in [0.5, 0.6) is 0 Å². The zero-order valence-corrected chi connectivity index (χ0v) is 16.3. The molecule has 0 spiro atoms. The van der Waals surface area contributed by atoms with Crippen molar-refractivity contribution in [2.75, 3.05) is 13.1 Å². The Kier molecular flexibility index (Phi) is 6.99. The van der Waals surface area contributed by atoms with Gasteiger partial charge in [-0.2, -0.15) is 0 Å². The number of piperidine rings is 1. The molecule has 3 unspecified atom stereocenters. The molecule has 2 aliphatic rings. The SMILES string of the molecule is CC(CC(=O)NC1CNCCC1c1ccc(F)c(F)c1)NC(=O)C1CCCC1. The first-order chi connectivity index (χ1) is 13.4. The molecule has 1 aliphatic heterocycles. The van der Waals surface area contributed by atoms with Crippen LogP contribution in [-0.2, 0) is 9.59 Å². The van der Waals surface area contributed by atoms with Crippen LogP contribution in [0.25, 0.3) is 0 Å². The average molecular weight is 393 g/mol. The van der Waals surface area contributed by atoms with Crippen LogP contribution < -0.4 is 16.0 Å². The fraction of sp³-hybridized carbons (Fsp3) is 0.619. The maximum absolute atomic E-state index is 13.6. The molecule has 1 aliphatic carbocycles. The van der Waals surface area contributed by atoms with Crippen molar-refractivity contribution in [2.24, 2.45) is 5.92 Å². The molecule has 3 rings (SSSR count). The standard InChI is InChI=1S/C21H29F2N3O2/c1-13(25-21(28)14-4-2-3-5-14)10-20(27)26-19-12-24-9-8-16(19)15-6-7-17(22)18(23)11-15/h6-7,11,13-14,16,19,24H,2-5,8-10,12H2,1H3,(H,25,28)(H,26,27). The number of benzene rings is 1. The summed E-state index contributed by atoms with van der Waals surface area (Å²) in [6, 6.07) is 3.48. The van der Waals surface area contributed by atoms with Gasteiger partial charge in [0.05, 0.1) is 0 Å². The second kappa shape index (κ2) is 9.45. The quantitative estimate of drug-likeness (QED) is 0.696. The van der Waals surface area contributed by atoms with E-state index in [0.717, 1.165) is 44.7 Å². The summed E-state index contributed by atoms with van der Waals surface area (Å²) >= 11 is 0. The van der Waals surface area contributed by atoms with Crippen LogP contribution in [0.1, 0.15) is 56.9 Å². The fourth-order valence-electron chi connectivity index (χ4n) is 4.30. The molecule has 2 fully saturated rings. The van der Waals surface area contributed by atoms with Crippen LogP contribution in [0.3, 0.4) is 0 Å². The van der Waals surface area contributed by atoms with Crippen molar-refractivity contribution in [1.29, 1.82) is 0 Å². The molecule has 5 nitrogen and oxygen atoms in total. The molecule has 1 saturated heterocycles. The fourth-order valence-corrected chi connectivity index (χ4v) is 4.30. The highest BCUT2D eigenvalue weighted by atomic mass is 19.2. The summed E-state index contributed by atoms with van der Waals surface area (Å²) in [5.41, 5.74) is 0.688. The molecule has 154 valence electrons. The van der Waals surface area contributed by atoms with Crippen molar-refractivity contribution in [3.63, 3.8) is 0 Å². The molecule has 0 aromatic heterocycles. The average Bonchev–Trinajstić information content (AvgIpc) is 3.19. The van der Waals surface area contributed by atoms with Crippen LogP contribution in [-0.4, -0.2) is 37.0 Å². The van der Waals surface area contributed by atoms with Crippen LogP contribution in [0.15, 0.2) is 18.2 Å². The second-order valence-electron chi connectivity index (χ2n) is 8.04. The minimum absolute atomic E-state index is 0.0387. The van der Waals surface area contributed by atoms with Gasteiger partial charge in [0.25, 0.3) is 0 Å². The number of carbonyl (C=O) groups excluding carboxylic acids is 2. The predicted octanol–water partition coefficient (Wildman–Crippen LogP) is 2.61. The Hall–Kier alpha value is -2.02. The van der Waals surface area contributed by atoms with Gasteiger partial charge in [0.1, 0.15) is 0 Å². The molecule has 3 atom stereocenters. The van der Waals surface area contributed by atoms with Gasteiger partial charge in [0.2, 0.25) is 11.8 Å². The van der Waals surface area contributed by atoms with Crippen LogP contribution >= 0.6 is 0 Å². The summed E-state index contributed by atoms with van der Waals surface area (Å²) < 4.78 is 26.9. The van der Waals surface area contributed by atoms with E-state index in [1.807, 2.05) is 6.92 Å². The normalized spacial score (nSPS) is 24.0. The van der Waals surface area contributed by atoms with Gasteiger partial charge in [-0.25, -0.2) is 8.78 Å².